The number of ether oxygens (including phenoxy) is 2. The number of likely N-dealkylation sites (N-methyl/N-ethyl adjacent to an activating group) is 1. The Balaban J connectivity index is 1.56. The van der Waals surface area contributed by atoms with Crippen molar-refractivity contribution in [3.63, 3.8) is 0 Å². The number of hydrogen-bond acceptors (Lipinski definition) is 8. The SMILES string of the molecule is COC(=O)c1nnc(N(C)CCc2cn(Cc3ccccc3)c3ccccc23)nc1C(=O)OC. The molecule has 0 atom stereocenters. The molecule has 0 aliphatic heterocycles. The van der Waals surface area contributed by atoms with Gasteiger partial charge in [0.1, 0.15) is 0 Å². The van der Waals surface area contributed by atoms with Gasteiger partial charge in [0.05, 0.1) is 14.2 Å². The van der Waals surface area contributed by atoms with Crippen LogP contribution in [-0.4, -0.2) is 59.5 Å². The molecule has 0 aliphatic rings. The van der Waals surface area contributed by atoms with E-state index < -0.39 is 11.9 Å². The Labute approximate surface area is 197 Å². The van der Waals surface area contributed by atoms with Crippen LogP contribution in [0.25, 0.3) is 10.9 Å². The van der Waals surface area contributed by atoms with Crippen LogP contribution in [0.3, 0.4) is 0 Å². The third-order valence-corrected chi connectivity index (χ3v) is 5.56. The Kier molecular flexibility index (Phi) is 6.82. The van der Waals surface area contributed by atoms with E-state index in [-0.39, 0.29) is 17.3 Å². The fraction of sp³-hybridized carbons (Fsp3) is 0.240. The quantitative estimate of drug-likeness (QED) is 0.371. The van der Waals surface area contributed by atoms with E-state index in [9.17, 15) is 9.59 Å². The monoisotopic (exact) mass is 459 g/mol. The van der Waals surface area contributed by atoms with Gasteiger partial charge in [0.2, 0.25) is 11.6 Å². The van der Waals surface area contributed by atoms with E-state index >= 15 is 0 Å². The minimum absolute atomic E-state index is 0.209. The van der Waals surface area contributed by atoms with Gasteiger partial charge < -0.3 is 18.9 Å². The van der Waals surface area contributed by atoms with E-state index in [4.69, 9.17) is 4.74 Å². The van der Waals surface area contributed by atoms with Gasteiger partial charge in [-0.2, -0.15) is 0 Å². The molecule has 0 spiro atoms. The Morgan fingerprint density at radius 3 is 2.32 bits per heavy atom. The Morgan fingerprint density at radius 2 is 1.59 bits per heavy atom. The standard InChI is InChI=1S/C25H25N5O4/c1-29(25-26-21(23(31)33-2)22(27-28-25)24(32)34-3)14-13-18-16-30(15-17-9-5-4-6-10-17)20-12-8-7-11-19(18)20/h4-12,16H,13-15H2,1-3H3. The predicted molar refractivity (Wildman–Crippen MR) is 127 cm³/mol. The van der Waals surface area contributed by atoms with E-state index in [1.165, 1.54) is 30.7 Å². The molecular weight excluding hydrogens is 434 g/mol. The van der Waals surface area contributed by atoms with Crippen LogP contribution in [0, 0.1) is 0 Å². The second kappa shape index (κ2) is 10.1. The van der Waals surface area contributed by atoms with Crippen molar-refractivity contribution >= 4 is 28.8 Å². The number of aromatic nitrogens is 4. The average molecular weight is 460 g/mol. The number of methoxy groups -OCH3 is 2. The normalized spacial score (nSPS) is 10.8. The summed E-state index contributed by atoms with van der Waals surface area (Å²) in [6.07, 6.45) is 2.89. The van der Waals surface area contributed by atoms with Crippen LogP contribution in [0.2, 0.25) is 0 Å². The molecule has 0 unspecified atom stereocenters. The molecule has 2 aromatic carbocycles. The van der Waals surface area contributed by atoms with E-state index in [2.05, 4.69) is 54.9 Å². The van der Waals surface area contributed by atoms with E-state index in [1.807, 2.05) is 30.3 Å². The minimum atomic E-state index is -0.805. The van der Waals surface area contributed by atoms with E-state index in [0.29, 0.717) is 13.0 Å². The summed E-state index contributed by atoms with van der Waals surface area (Å²) in [5.41, 5.74) is 3.07. The fourth-order valence-corrected chi connectivity index (χ4v) is 3.77. The van der Waals surface area contributed by atoms with Crippen molar-refractivity contribution in [3.8, 4) is 0 Å². The van der Waals surface area contributed by atoms with Crippen LogP contribution < -0.4 is 4.90 Å². The highest BCUT2D eigenvalue weighted by Gasteiger charge is 2.24. The zero-order chi connectivity index (χ0) is 24.1. The molecule has 9 nitrogen and oxygen atoms in total. The van der Waals surface area contributed by atoms with Gasteiger partial charge in [0, 0.05) is 37.2 Å². The molecule has 0 radical (unpaired) electrons. The number of benzene rings is 2. The number of fused-ring (bicyclic) bond motifs is 1. The van der Waals surface area contributed by atoms with Gasteiger partial charge in [0.15, 0.2) is 5.69 Å². The first-order valence-electron chi connectivity index (χ1n) is 10.7. The van der Waals surface area contributed by atoms with Crippen LogP contribution >= 0.6 is 0 Å². The van der Waals surface area contributed by atoms with Gasteiger partial charge in [-0.05, 0) is 23.6 Å². The fourth-order valence-electron chi connectivity index (χ4n) is 3.77. The van der Waals surface area contributed by atoms with Gasteiger partial charge in [-0.15, -0.1) is 10.2 Å². The summed E-state index contributed by atoms with van der Waals surface area (Å²) in [5.74, 6) is -1.38. The van der Waals surface area contributed by atoms with Gasteiger partial charge >= 0.3 is 11.9 Å². The molecule has 0 N–H and O–H groups in total. The smallest absolute Gasteiger partial charge is 0.361 e. The molecule has 0 amide bonds. The number of nitrogens with zero attached hydrogens (tertiary/aromatic N) is 5. The highest BCUT2D eigenvalue weighted by atomic mass is 16.5. The summed E-state index contributed by atoms with van der Waals surface area (Å²) in [7, 11) is 4.21. The van der Waals surface area contributed by atoms with Crippen LogP contribution in [0.5, 0.6) is 0 Å². The maximum absolute atomic E-state index is 12.1. The van der Waals surface area contributed by atoms with Crippen molar-refractivity contribution in [3.05, 3.63) is 83.3 Å². The van der Waals surface area contributed by atoms with E-state index in [1.54, 1.807) is 11.9 Å². The molecule has 174 valence electrons. The summed E-state index contributed by atoms with van der Waals surface area (Å²) in [6.45, 7) is 1.35. The third kappa shape index (κ3) is 4.73. The molecule has 4 rings (SSSR count). The van der Waals surface area contributed by atoms with Crippen molar-refractivity contribution in [2.24, 2.45) is 0 Å². The summed E-state index contributed by atoms with van der Waals surface area (Å²) < 4.78 is 11.6. The number of esters is 2. The molecule has 2 aromatic heterocycles. The zero-order valence-electron chi connectivity index (χ0n) is 19.3. The average Bonchev–Trinajstić information content (AvgIpc) is 3.23. The molecule has 0 aliphatic carbocycles. The van der Waals surface area contributed by atoms with E-state index in [0.717, 1.165) is 12.1 Å². The number of carbonyl (C=O) groups excluding carboxylic acids is 2. The zero-order valence-corrected chi connectivity index (χ0v) is 19.3. The Bertz CT molecular complexity index is 1320. The van der Waals surface area contributed by atoms with Crippen LogP contribution in [0.4, 0.5) is 5.95 Å². The molecule has 4 aromatic rings. The molecule has 0 saturated carbocycles. The first kappa shape index (κ1) is 22.9. The first-order chi connectivity index (χ1) is 16.5. The van der Waals surface area contributed by atoms with Crippen LogP contribution in [-0.2, 0) is 22.4 Å². The second-order valence-corrected chi connectivity index (χ2v) is 7.75. The maximum atomic E-state index is 12.1. The highest BCUT2D eigenvalue weighted by Crippen LogP contribution is 2.23. The van der Waals surface area contributed by atoms with Crippen molar-refractivity contribution in [1.82, 2.24) is 19.7 Å². The van der Waals surface area contributed by atoms with Crippen molar-refractivity contribution < 1.29 is 19.1 Å². The van der Waals surface area contributed by atoms with Gasteiger partial charge in [-0.25, -0.2) is 14.6 Å². The van der Waals surface area contributed by atoms with Crippen molar-refractivity contribution in [1.29, 1.82) is 0 Å². The Hall–Kier alpha value is -4.27. The number of anilines is 1. The Morgan fingerprint density at radius 1 is 0.912 bits per heavy atom. The van der Waals surface area contributed by atoms with Gasteiger partial charge in [-0.3, -0.25) is 0 Å². The number of para-hydroxylation sites is 1. The van der Waals surface area contributed by atoms with Gasteiger partial charge in [-0.1, -0.05) is 48.5 Å². The summed E-state index contributed by atoms with van der Waals surface area (Å²) in [4.78, 5) is 30.0. The number of rotatable bonds is 8. The lowest BCUT2D eigenvalue weighted by molar-refractivity contribution is 0.0542. The molecule has 9 heteroatoms. The largest absolute Gasteiger partial charge is 0.464 e. The molecule has 2 heterocycles. The number of carbonyl (C=O) groups is 2. The lowest BCUT2D eigenvalue weighted by Crippen LogP contribution is -2.26. The van der Waals surface area contributed by atoms with Gasteiger partial charge in [0.25, 0.3) is 0 Å². The summed E-state index contributed by atoms with van der Waals surface area (Å²) in [6, 6.07) is 18.6. The first-order valence-corrected chi connectivity index (χ1v) is 10.7. The van der Waals surface area contributed by atoms with Crippen LogP contribution in [0.1, 0.15) is 32.1 Å². The topological polar surface area (TPSA) is 99.4 Å². The molecule has 34 heavy (non-hydrogen) atoms. The molecule has 0 fully saturated rings. The highest BCUT2D eigenvalue weighted by molar-refractivity contribution is 6.00. The molecule has 0 saturated heterocycles. The summed E-state index contributed by atoms with van der Waals surface area (Å²) in [5, 5.41) is 9.06. The number of hydrogen-bond donors (Lipinski definition) is 0. The predicted octanol–water partition coefficient (Wildman–Crippen LogP) is 3.13. The van der Waals surface area contributed by atoms with Crippen molar-refractivity contribution in [2.75, 3.05) is 32.7 Å². The third-order valence-electron chi connectivity index (χ3n) is 5.56. The second-order valence-electron chi connectivity index (χ2n) is 7.75. The maximum Gasteiger partial charge on any atom is 0.361 e. The minimum Gasteiger partial charge on any atom is -0.464 e. The summed E-state index contributed by atoms with van der Waals surface area (Å²) >= 11 is 0. The molecular formula is C25H25N5O4. The molecule has 0 bridgehead atoms. The van der Waals surface area contributed by atoms with Crippen molar-refractivity contribution in [2.45, 2.75) is 13.0 Å². The lowest BCUT2D eigenvalue weighted by atomic mass is 10.1. The lowest BCUT2D eigenvalue weighted by Gasteiger charge is -2.17. The van der Waals surface area contributed by atoms with Crippen LogP contribution in [0.15, 0.2) is 60.8 Å².